The van der Waals surface area contributed by atoms with Gasteiger partial charge in [-0.1, -0.05) is 24.3 Å². The first-order valence-corrected chi connectivity index (χ1v) is 8.45. The summed E-state index contributed by atoms with van der Waals surface area (Å²) in [5.74, 6) is 3.10. The molecule has 0 fully saturated rings. The largest absolute Gasteiger partial charge is 0.347 e. The summed E-state index contributed by atoms with van der Waals surface area (Å²) in [7, 11) is 2.04. The summed E-state index contributed by atoms with van der Waals surface area (Å²) in [5, 5.41) is 7.73. The molecule has 124 valence electrons. The predicted molar refractivity (Wildman–Crippen MR) is 97.8 cm³/mol. The van der Waals surface area contributed by atoms with Crippen molar-refractivity contribution in [2.45, 2.75) is 13.0 Å². The van der Waals surface area contributed by atoms with Gasteiger partial charge in [-0.05, 0) is 6.42 Å². The van der Waals surface area contributed by atoms with Gasteiger partial charge in [0, 0.05) is 42.0 Å². The quantitative estimate of drug-likeness (QED) is 0.738. The number of aromatic amines is 1. The number of hydrazine groups is 1. The fourth-order valence-corrected chi connectivity index (χ4v) is 3.46. The molecule has 7 heteroatoms. The highest BCUT2D eigenvalue weighted by atomic mass is 32.1. The number of aromatic nitrogens is 2. The van der Waals surface area contributed by atoms with Crippen molar-refractivity contribution in [1.29, 1.82) is 0 Å². The number of nitrogens with one attached hydrogen (secondary N) is 2. The van der Waals surface area contributed by atoms with E-state index in [9.17, 15) is 0 Å². The van der Waals surface area contributed by atoms with E-state index in [1.807, 2.05) is 13.2 Å². The minimum Gasteiger partial charge on any atom is -0.347 e. The number of nitrogens with zero attached hydrogens (tertiary/aromatic N) is 4. The van der Waals surface area contributed by atoms with Crippen molar-refractivity contribution in [3.63, 3.8) is 0 Å². The first kappa shape index (κ1) is 15.3. The maximum Gasteiger partial charge on any atom is 0.146 e. The summed E-state index contributed by atoms with van der Waals surface area (Å²) >= 11 is 4.65. The van der Waals surface area contributed by atoms with Crippen LogP contribution in [0.5, 0.6) is 0 Å². The standard InChI is InChI=1S/C17H20N6S/c1-22-11-14(24)17-21-13(12-5-3-2-4-6-12)9-16(23(17)22)20-10-15-18-7-8-19-15/h2-5,7-9,12,21,24H,6,10-11H2,1H3,(H,18,19). The number of hydrogen-bond donors (Lipinski definition) is 3. The topological polar surface area (TPSA) is 59.5 Å². The molecule has 2 N–H and O–H groups in total. The van der Waals surface area contributed by atoms with Gasteiger partial charge in [-0.15, -0.1) is 12.6 Å². The molecule has 0 amide bonds. The van der Waals surface area contributed by atoms with Gasteiger partial charge in [0.25, 0.3) is 0 Å². The molecule has 4 rings (SSSR count). The Balaban J connectivity index is 1.68. The summed E-state index contributed by atoms with van der Waals surface area (Å²) in [4.78, 5) is 13.1. The fraction of sp³-hybridized carbons (Fsp3) is 0.294. The molecule has 3 aliphatic rings. The van der Waals surface area contributed by atoms with Crippen molar-refractivity contribution in [1.82, 2.24) is 25.3 Å². The highest BCUT2D eigenvalue weighted by molar-refractivity contribution is 7.84. The zero-order valence-electron chi connectivity index (χ0n) is 13.5. The molecule has 24 heavy (non-hydrogen) atoms. The Morgan fingerprint density at radius 2 is 2.33 bits per heavy atom. The first-order valence-electron chi connectivity index (χ1n) is 8.00. The van der Waals surface area contributed by atoms with Gasteiger partial charge >= 0.3 is 0 Å². The molecule has 0 spiro atoms. The van der Waals surface area contributed by atoms with Crippen LogP contribution in [0.2, 0.25) is 0 Å². The van der Waals surface area contributed by atoms with Crippen LogP contribution in [0.1, 0.15) is 12.2 Å². The van der Waals surface area contributed by atoms with E-state index in [0.29, 0.717) is 12.5 Å². The third kappa shape index (κ3) is 2.81. The number of likely N-dealkylation sites (N-methyl/N-ethyl adjacent to an activating group) is 1. The SMILES string of the molecule is CN1CC(S)=C2NC(C3C=CC=CC3)=CC(=NCc3ncc[nH]3)N21. The maximum atomic E-state index is 4.78. The Morgan fingerprint density at radius 3 is 3.08 bits per heavy atom. The highest BCUT2D eigenvalue weighted by Gasteiger charge is 2.34. The van der Waals surface area contributed by atoms with E-state index < -0.39 is 0 Å². The molecule has 0 saturated carbocycles. The number of amidine groups is 1. The third-order valence-electron chi connectivity index (χ3n) is 4.30. The third-order valence-corrected chi connectivity index (χ3v) is 4.65. The minimum atomic E-state index is 0.338. The molecule has 0 aromatic carbocycles. The van der Waals surface area contributed by atoms with E-state index in [4.69, 9.17) is 4.99 Å². The van der Waals surface area contributed by atoms with Crippen LogP contribution in [0.3, 0.4) is 0 Å². The number of thiol groups is 1. The lowest BCUT2D eigenvalue weighted by Gasteiger charge is -2.35. The normalized spacial score (nSPS) is 25.2. The van der Waals surface area contributed by atoms with Crippen LogP contribution in [0.4, 0.5) is 0 Å². The fourth-order valence-electron chi connectivity index (χ4n) is 3.11. The van der Waals surface area contributed by atoms with Crippen molar-refractivity contribution in [2.75, 3.05) is 13.6 Å². The Kier molecular flexibility index (Phi) is 4.03. The van der Waals surface area contributed by atoms with Gasteiger partial charge in [0.2, 0.25) is 0 Å². The number of rotatable bonds is 3. The monoisotopic (exact) mass is 340 g/mol. The second-order valence-electron chi connectivity index (χ2n) is 6.01. The van der Waals surface area contributed by atoms with Gasteiger partial charge in [0.05, 0.1) is 13.1 Å². The average Bonchev–Trinajstić information content (AvgIpc) is 3.22. The van der Waals surface area contributed by atoms with Crippen molar-refractivity contribution in [3.05, 3.63) is 65.0 Å². The Labute approximate surface area is 146 Å². The molecular formula is C17H20N6S. The van der Waals surface area contributed by atoms with Crippen LogP contribution in [-0.2, 0) is 6.54 Å². The zero-order chi connectivity index (χ0) is 16.5. The molecule has 3 heterocycles. The lowest BCUT2D eigenvalue weighted by molar-refractivity contribution is 0.146. The predicted octanol–water partition coefficient (Wildman–Crippen LogP) is 2.19. The van der Waals surface area contributed by atoms with Crippen LogP contribution in [0, 0.1) is 5.92 Å². The van der Waals surface area contributed by atoms with Gasteiger partial charge in [0.1, 0.15) is 17.5 Å². The Bertz CT molecular complexity index is 771. The van der Waals surface area contributed by atoms with Gasteiger partial charge in [-0.2, -0.15) is 0 Å². The van der Waals surface area contributed by atoms with E-state index in [1.54, 1.807) is 6.20 Å². The van der Waals surface area contributed by atoms with Crippen LogP contribution in [0.25, 0.3) is 0 Å². The lowest BCUT2D eigenvalue weighted by atomic mass is 9.96. The van der Waals surface area contributed by atoms with Crippen molar-refractivity contribution in [2.24, 2.45) is 10.9 Å². The van der Waals surface area contributed by atoms with E-state index in [1.165, 1.54) is 0 Å². The second kappa shape index (κ2) is 6.33. The molecular weight excluding hydrogens is 320 g/mol. The number of H-pyrrole nitrogens is 1. The molecule has 1 atom stereocenters. The van der Waals surface area contributed by atoms with E-state index in [-0.39, 0.29) is 0 Å². The van der Waals surface area contributed by atoms with E-state index in [2.05, 4.69) is 68.3 Å². The summed E-state index contributed by atoms with van der Waals surface area (Å²) in [6, 6.07) is 0. The lowest BCUT2D eigenvalue weighted by Crippen LogP contribution is -2.46. The van der Waals surface area contributed by atoms with E-state index in [0.717, 1.165) is 41.0 Å². The van der Waals surface area contributed by atoms with Crippen LogP contribution < -0.4 is 5.32 Å². The second-order valence-corrected chi connectivity index (χ2v) is 6.55. The summed E-state index contributed by atoms with van der Waals surface area (Å²) < 4.78 is 0. The smallest absolute Gasteiger partial charge is 0.146 e. The molecule has 1 aromatic heterocycles. The van der Waals surface area contributed by atoms with Crippen LogP contribution >= 0.6 is 12.6 Å². The van der Waals surface area contributed by atoms with Crippen LogP contribution in [0.15, 0.2) is 64.2 Å². The summed E-state index contributed by atoms with van der Waals surface area (Å²) in [6.07, 6.45) is 15.3. The molecule has 2 aliphatic heterocycles. The van der Waals surface area contributed by atoms with Gasteiger partial charge in [0.15, 0.2) is 0 Å². The average molecular weight is 340 g/mol. The van der Waals surface area contributed by atoms with Crippen LogP contribution in [-0.4, -0.2) is 39.4 Å². The van der Waals surface area contributed by atoms with E-state index >= 15 is 0 Å². The molecule has 0 bridgehead atoms. The number of fused-ring (bicyclic) bond motifs is 1. The molecule has 0 radical (unpaired) electrons. The molecule has 1 aromatic rings. The number of aliphatic imine (C=N–C) groups is 1. The van der Waals surface area contributed by atoms with Crippen molar-refractivity contribution < 1.29 is 0 Å². The highest BCUT2D eigenvalue weighted by Crippen LogP contribution is 2.31. The maximum absolute atomic E-state index is 4.78. The van der Waals surface area contributed by atoms with Gasteiger partial charge < -0.3 is 10.3 Å². The van der Waals surface area contributed by atoms with Crippen molar-refractivity contribution >= 4 is 18.5 Å². The summed E-state index contributed by atoms with van der Waals surface area (Å²) in [6.45, 7) is 1.29. The number of hydrogen-bond acceptors (Lipinski definition) is 5. The van der Waals surface area contributed by atoms with Gasteiger partial charge in [-0.25, -0.2) is 15.0 Å². The number of allylic oxidation sites excluding steroid dienone is 4. The molecule has 6 nitrogen and oxygen atoms in total. The first-order chi connectivity index (χ1) is 11.7. The molecule has 1 unspecified atom stereocenters. The molecule has 1 aliphatic carbocycles. The number of imidazole rings is 1. The Hall–Kier alpha value is -2.25. The van der Waals surface area contributed by atoms with Gasteiger partial charge in [-0.3, -0.25) is 4.99 Å². The molecule has 0 saturated heterocycles. The minimum absolute atomic E-state index is 0.338. The Morgan fingerprint density at radius 1 is 1.42 bits per heavy atom. The zero-order valence-corrected chi connectivity index (χ0v) is 14.4. The van der Waals surface area contributed by atoms with Crippen molar-refractivity contribution in [3.8, 4) is 0 Å². The summed E-state index contributed by atoms with van der Waals surface area (Å²) in [5.41, 5.74) is 1.15.